The molecule has 0 radical (unpaired) electrons. The van der Waals surface area contributed by atoms with Crippen LogP contribution in [0.3, 0.4) is 0 Å². The fourth-order valence-electron chi connectivity index (χ4n) is 3.06. The average molecular weight is 267 g/mol. The Bertz CT molecular complexity index is 420. The molecular weight excluding hydrogens is 250 g/mol. The van der Waals surface area contributed by atoms with Gasteiger partial charge in [0.2, 0.25) is 0 Å². The predicted octanol–water partition coefficient (Wildman–Crippen LogP) is 1.53. The van der Waals surface area contributed by atoms with Crippen molar-refractivity contribution in [1.29, 1.82) is 0 Å². The molecule has 0 unspecified atom stereocenters. The number of ether oxygens (including phenoxy) is 2. The number of rotatable bonds is 4. The van der Waals surface area contributed by atoms with Crippen LogP contribution in [-0.2, 0) is 9.47 Å². The first-order valence-electron chi connectivity index (χ1n) is 6.26. The van der Waals surface area contributed by atoms with Crippen molar-refractivity contribution in [2.24, 2.45) is 11.8 Å². The van der Waals surface area contributed by atoms with Gasteiger partial charge in [0.15, 0.2) is 0 Å². The zero-order valence-electron chi connectivity index (χ0n) is 10.3. The molecule has 98 valence electrons. The number of hydrogen-bond acceptors (Lipinski definition) is 4. The molecule has 2 fully saturated rings. The van der Waals surface area contributed by atoms with Gasteiger partial charge >= 0.3 is 0 Å². The van der Waals surface area contributed by atoms with Crippen molar-refractivity contribution < 1.29 is 14.3 Å². The highest BCUT2D eigenvalue weighted by Crippen LogP contribution is 2.43. The zero-order chi connectivity index (χ0) is 12.5. The Morgan fingerprint density at radius 2 is 2.56 bits per heavy atom. The Balaban J connectivity index is 1.66. The van der Waals surface area contributed by atoms with Crippen molar-refractivity contribution in [2.45, 2.75) is 18.6 Å². The lowest BCUT2D eigenvalue weighted by Gasteiger charge is -2.47. The lowest BCUT2D eigenvalue weighted by Crippen LogP contribution is -2.62. The van der Waals surface area contributed by atoms with Gasteiger partial charge in [-0.25, -0.2) is 0 Å². The first kappa shape index (κ1) is 12.1. The molecule has 4 nitrogen and oxygen atoms in total. The molecule has 0 spiro atoms. The van der Waals surface area contributed by atoms with Crippen LogP contribution in [0.4, 0.5) is 0 Å². The number of carbonyl (C=O) groups excluding carboxylic acids is 1. The number of thiophene rings is 1. The van der Waals surface area contributed by atoms with Gasteiger partial charge < -0.3 is 14.8 Å². The summed E-state index contributed by atoms with van der Waals surface area (Å²) in [4.78, 5) is 12.8. The van der Waals surface area contributed by atoms with E-state index < -0.39 is 0 Å². The number of hydrogen-bond donors (Lipinski definition) is 1. The van der Waals surface area contributed by atoms with Crippen LogP contribution in [0.1, 0.15) is 16.1 Å². The first-order chi connectivity index (χ1) is 8.81. The van der Waals surface area contributed by atoms with E-state index in [1.54, 1.807) is 7.11 Å². The van der Waals surface area contributed by atoms with Crippen molar-refractivity contribution in [3.63, 3.8) is 0 Å². The van der Waals surface area contributed by atoms with Crippen LogP contribution in [0.5, 0.6) is 0 Å². The lowest BCUT2D eigenvalue weighted by atomic mass is 9.67. The van der Waals surface area contributed by atoms with Gasteiger partial charge in [0, 0.05) is 31.6 Å². The lowest BCUT2D eigenvalue weighted by molar-refractivity contribution is -0.0809. The van der Waals surface area contributed by atoms with E-state index in [-0.39, 0.29) is 18.1 Å². The fourth-order valence-corrected chi connectivity index (χ4v) is 3.69. The van der Waals surface area contributed by atoms with Crippen LogP contribution in [0.15, 0.2) is 17.5 Å². The Morgan fingerprint density at radius 1 is 1.67 bits per heavy atom. The number of carbonyl (C=O) groups is 1. The van der Waals surface area contributed by atoms with Gasteiger partial charge in [-0.15, -0.1) is 11.3 Å². The van der Waals surface area contributed by atoms with Crippen LogP contribution >= 0.6 is 11.3 Å². The van der Waals surface area contributed by atoms with Crippen LogP contribution in [-0.4, -0.2) is 38.4 Å². The molecular formula is C13H17NO3S. The Kier molecular flexibility index (Phi) is 3.37. The smallest absolute Gasteiger partial charge is 0.261 e. The third-order valence-electron chi connectivity index (χ3n) is 3.93. The second-order valence-corrected chi connectivity index (χ2v) is 5.83. The number of nitrogens with one attached hydrogen (secondary N) is 1. The molecule has 1 N–H and O–H groups in total. The van der Waals surface area contributed by atoms with Crippen LogP contribution < -0.4 is 5.32 Å². The molecule has 1 aliphatic carbocycles. The maximum Gasteiger partial charge on any atom is 0.261 e. The quantitative estimate of drug-likeness (QED) is 0.900. The zero-order valence-corrected chi connectivity index (χ0v) is 11.1. The molecule has 4 atom stereocenters. The van der Waals surface area contributed by atoms with Gasteiger partial charge in [0.05, 0.1) is 17.6 Å². The second-order valence-electron chi connectivity index (χ2n) is 4.88. The van der Waals surface area contributed by atoms with Crippen molar-refractivity contribution in [3.05, 3.63) is 22.4 Å². The van der Waals surface area contributed by atoms with Gasteiger partial charge in [-0.05, 0) is 17.9 Å². The van der Waals surface area contributed by atoms with Gasteiger partial charge in [-0.2, -0.15) is 0 Å². The number of amides is 1. The number of methoxy groups -OCH3 is 1. The largest absolute Gasteiger partial charge is 0.384 e. The minimum Gasteiger partial charge on any atom is -0.384 e. The first-order valence-corrected chi connectivity index (χ1v) is 7.14. The van der Waals surface area contributed by atoms with E-state index in [0.29, 0.717) is 18.4 Å². The van der Waals surface area contributed by atoms with E-state index in [4.69, 9.17) is 9.47 Å². The van der Waals surface area contributed by atoms with Gasteiger partial charge in [-0.1, -0.05) is 6.07 Å². The molecule has 5 heteroatoms. The van der Waals surface area contributed by atoms with E-state index in [9.17, 15) is 4.79 Å². The molecule has 0 bridgehead atoms. The van der Waals surface area contributed by atoms with Crippen LogP contribution in [0, 0.1) is 11.8 Å². The second kappa shape index (κ2) is 4.99. The summed E-state index contributed by atoms with van der Waals surface area (Å²) in [5.41, 5.74) is 0. The molecule has 1 aromatic heterocycles. The summed E-state index contributed by atoms with van der Waals surface area (Å²) in [6.45, 7) is 1.46. The summed E-state index contributed by atoms with van der Waals surface area (Å²) >= 11 is 1.47. The summed E-state index contributed by atoms with van der Waals surface area (Å²) in [5.74, 6) is 0.793. The van der Waals surface area contributed by atoms with E-state index in [1.165, 1.54) is 11.3 Å². The van der Waals surface area contributed by atoms with E-state index >= 15 is 0 Å². The monoisotopic (exact) mass is 267 g/mol. The maximum absolute atomic E-state index is 12.1. The summed E-state index contributed by atoms with van der Waals surface area (Å²) < 4.78 is 10.9. The highest BCUT2D eigenvalue weighted by molar-refractivity contribution is 7.12. The Morgan fingerprint density at radius 3 is 3.28 bits per heavy atom. The molecule has 0 aromatic carbocycles. The Hall–Kier alpha value is -0.910. The summed E-state index contributed by atoms with van der Waals surface area (Å²) in [6.07, 6.45) is 1.32. The molecule has 18 heavy (non-hydrogen) atoms. The molecule has 1 amide bonds. The fraction of sp³-hybridized carbons (Fsp3) is 0.615. The SMILES string of the molecule is COC[C@@H]1[C@H](NC(=O)c2cccs2)[C@@H]2CCO[C@H]12. The van der Waals surface area contributed by atoms with Crippen molar-refractivity contribution in [3.8, 4) is 0 Å². The summed E-state index contributed by atoms with van der Waals surface area (Å²) in [7, 11) is 1.69. The van der Waals surface area contributed by atoms with Crippen LogP contribution in [0.2, 0.25) is 0 Å². The van der Waals surface area contributed by atoms with Gasteiger partial charge in [0.25, 0.3) is 5.91 Å². The van der Waals surface area contributed by atoms with Crippen molar-refractivity contribution in [1.82, 2.24) is 5.32 Å². The highest BCUT2D eigenvalue weighted by Gasteiger charge is 2.54. The molecule has 1 aromatic rings. The van der Waals surface area contributed by atoms with E-state index in [1.807, 2.05) is 17.5 Å². The third-order valence-corrected chi connectivity index (χ3v) is 4.80. The molecule has 1 saturated carbocycles. The van der Waals surface area contributed by atoms with Crippen molar-refractivity contribution >= 4 is 17.2 Å². The highest BCUT2D eigenvalue weighted by atomic mass is 32.1. The molecule has 1 saturated heterocycles. The van der Waals surface area contributed by atoms with E-state index in [0.717, 1.165) is 17.9 Å². The standard InChI is InChI=1S/C13H17NO3S/c1-16-7-9-11(8-4-5-17-12(8)9)14-13(15)10-3-2-6-18-10/h2-3,6,8-9,11-12H,4-5,7H2,1H3,(H,14,15)/t8-,9+,11+,12-/m0/s1. The maximum atomic E-state index is 12.1. The Labute approximate surface area is 110 Å². The third kappa shape index (κ3) is 1.96. The molecule has 3 rings (SSSR count). The van der Waals surface area contributed by atoms with Crippen molar-refractivity contribution in [2.75, 3.05) is 20.3 Å². The summed E-state index contributed by atoms with van der Waals surface area (Å²) in [5, 5.41) is 5.06. The topological polar surface area (TPSA) is 47.6 Å². The minimum atomic E-state index is 0.0291. The number of fused-ring (bicyclic) bond motifs is 1. The normalized spacial score (nSPS) is 33.8. The van der Waals surface area contributed by atoms with Crippen LogP contribution in [0.25, 0.3) is 0 Å². The predicted molar refractivity (Wildman–Crippen MR) is 68.8 cm³/mol. The van der Waals surface area contributed by atoms with E-state index in [2.05, 4.69) is 5.32 Å². The van der Waals surface area contributed by atoms with Gasteiger partial charge in [0.1, 0.15) is 0 Å². The summed E-state index contributed by atoms with van der Waals surface area (Å²) in [6, 6.07) is 3.95. The molecule has 1 aliphatic heterocycles. The van der Waals surface area contributed by atoms with Gasteiger partial charge in [-0.3, -0.25) is 4.79 Å². The minimum absolute atomic E-state index is 0.0291. The average Bonchev–Trinajstić information content (AvgIpc) is 3.02. The molecule has 2 aliphatic rings. The molecule has 2 heterocycles.